The first-order valence-corrected chi connectivity index (χ1v) is 27.2. The van der Waals surface area contributed by atoms with Gasteiger partial charge in [0.15, 0.2) is 23.3 Å². The molecule has 1 aliphatic rings. The van der Waals surface area contributed by atoms with E-state index in [4.69, 9.17) is 56.3 Å². The van der Waals surface area contributed by atoms with Crippen molar-refractivity contribution in [2.45, 2.75) is 53.2 Å². The van der Waals surface area contributed by atoms with Crippen molar-refractivity contribution in [2.75, 3.05) is 0 Å². The molecule has 15 rings (SSSR count). The first kappa shape index (κ1) is 53.6. The molecule has 5 heterocycles. The Labute approximate surface area is 483 Å². The zero-order chi connectivity index (χ0) is 55.6. The van der Waals surface area contributed by atoms with Crippen LogP contribution in [0.15, 0.2) is 209 Å². The van der Waals surface area contributed by atoms with E-state index in [1.807, 2.05) is 140 Å². The van der Waals surface area contributed by atoms with E-state index in [1.165, 1.54) is 0 Å². The van der Waals surface area contributed by atoms with Crippen molar-refractivity contribution in [1.29, 1.82) is 0 Å². The van der Waals surface area contributed by atoms with Crippen molar-refractivity contribution in [3.63, 3.8) is 0 Å². The van der Waals surface area contributed by atoms with Crippen molar-refractivity contribution < 1.29 is 23.2 Å². The van der Waals surface area contributed by atoms with Crippen molar-refractivity contribution in [1.82, 2.24) is 29.9 Å². The molecule has 0 amide bonds. The molecule has 0 saturated carbocycles. The summed E-state index contributed by atoms with van der Waals surface area (Å²) in [6, 6.07) is 66.6. The number of phenols is 1. The maximum atomic E-state index is 10.6. The molecule has 402 valence electrons. The summed E-state index contributed by atoms with van der Waals surface area (Å²) in [5.74, 6) is 2.54. The first-order chi connectivity index (χ1) is 39.2. The Morgan fingerprint density at radius 1 is 0.390 bits per heavy atom. The van der Waals surface area contributed by atoms with Crippen molar-refractivity contribution in [2.24, 2.45) is 0 Å². The van der Waals surface area contributed by atoms with Gasteiger partial charge in [-0.1, -0.05) is 159 Å². The Balaban J connectivity index is 0.000000138. The van der Waals surface area contributed by atoms with Crippen LogP contribution in [0, 0.1) is 6.92 Å². The molecule has 0 spiro atoms. The third-order valence-corrected chi connectivity index (χ3v) is 15.6. The number of aromatic hydroxyl groups is 1. The molecule has 0 unspecified atom stereocenters. The number of para-hydroxylation sites is 2. The molecule has 0 bridgehead atoms. The number of fused-ring (bicyclic) bond motifs is 11. The minimum Gasteiger partial charge on any atom is -0.507 e. The maximum absolute atomic E-state index is 10.6. The number of furan rings is 2. The van der Waals surface area contributed by atoms with Crippen molar-refractivity contribution >= 4 is 112 Å². The molecule has 14 heteroatoms. The molecule has 1 N–H and O–H groups in total. The normalized spacial score (nSPS) is 13.6. The van der Waals surface area contributed by atoms with Crippen LogP contribution in [-0.4, -0.2) is 53.3 Å². The van der Waals surface area contributed by atoms with Gasteiger partial charge in [-0.3, -0.25) is 0 Å². The molecular formula is C68H53BCl2N6O5. The highest BCUT2D eigenvalue weighted by molar-refractivity contribution is 6.62. The second-order valence-electron chi connectivity index (χ2n) is 21.0. The number of phenolic OH excluding ortho intramolecular Hbond substituents is 1. The van der Waals surface area contributed by atoms with E-state index in [2.05, 4.69) is 109 Å². The Kier molecular flexibility index (Phi) is 14.0. The number of rotatable bonds is 5. The first-order valence-electron chi connectivity index (χ1n) is 26.4. The second kappa shape index (κ2) is 21.5. The molecule has 0 aliphatic carbocycles. The lowest BCUT2D eigenvalue weighted by Gasteiger charge is -2.32. The number of aryl methyl sites for hydroxylation is 1. The highest BCUT2D eigenvalue weighted by Gasteiger charge is 2.51. The van der Waals surface area contributed by atoms with Crippen molar-refractivity contribution in [3.05, 3.63) is 216 Å². The predicted molar refractivity (Wildman–Crippen MR) is 334 cm³/mol. The lowest BCUT2D eigenvalue weighted by molar-refractivity contribution is 0.00578. The van der Waals surface area contributed by atoms with Crippen LogP contribution in [0.25, 0.3) is 122 Å². The van der Waals surface area contributed by atoms with Gasteiger partial charge in [0.25, 0.3) is 0 Å². The van der Waals surface area contributed by atoms with Gasteiger partial charge in [0.05, 0.1) is 11.2 Å². The molecule has 1 fully saturated rings. The second-order valence-corrected chi connectivity index (χ2v) is 21.7. The van der Waals surface area contributed by atoms with Crippen LogP contribution in [0.1, 0.15) is 40.7 Å². The predicted octanol–water partition coefficient (Wildman–Crippen LogP) is 17.6. The summed E-state index contributed by atoms with van der Waals surface area (Å²) < 4.78 is 24.8. The summed E-state index contributed by atoms with van der Waals surface area (Å²) in [4.78, 5) is 26.3. The molecule has 10 aromatic carbocycles. The number of benzene rings is 10. The molecule has 0 atom stereocenters. The van der Waals surface area contributed by atoms with Gasteiger partial charge in [-0.15, -0.1) is 0 Å². The van der Waals surface area contributed by atoms with Crippen LogP contribution in [0.3, 0.4) is 0 Å². The quantitative estimate of drug-likeness (QED) is 0.165. The molecule has 0 radical (unpaired) electrons. The monoisotopic (exact) mass is 1110 g/mol. The molecule has 4 aromatic heterocycles. The lowest BCUT2D eigenvalue weighted by Crippen LogP contribution is -2.41. The highest BCUT2D eigenvalue weighted by Crippen LogP contribution is 2.40. The molecular weight excluding hydrogens is 1060 g/mol. The highest BCUT2D eigenvalue weighted by atomic mass is 35.5. The number of hydrogen-bond donors (Lipinski definition) is 1. The fraction of sp³-hybridized carbons (Fsp3) is 0.118. The van der Waals surface area contributed by atoms with Gasteiger partial charge in [-0.2, -0.15) is 15.0 Å². The van der Waals surface area contributed by atoms with Crippen LogP contribution in [0.5, 0.6) is 5.75 Å². The lowest BCUT2D eigenvalue weighted by atomic mass is 9.78. The number of nitrogens with zero attached hydrogens (tertiary/aromatic N) is 6. The largest absolute Gasteiger partial charge is 0.507 e. The van der Waals surface area contributed by atoms with Crippen LogP contribution in [0.2, 0.25) is 10.6 Å². The van der Waals surface area contributed by atoms with Crippen LogP contribution < -0.4 is 5.46 Å². The zero-order valence-electron chi connectivity index (χ0n) is 44.6. The molecule has 82 heavy (non-hydrogen) atoms. The smallest absolute Gasteiger partial charge is 0.494 e. The van der Waals surface area contributed by atoms with Gasteiger partial charge in [0.1, 0.15) is 28.1 Å². The number of hydrogen-bond acceptors (Lipinski definition) is 11. The average molecular weight is 1120 g/mol. The summed E-state index contributed by atoms with van der Waals surface area (Å²) >= 11 is 11.3. The summed E-state index contributed by atoms with van der Waals surface area (Å²) in [7, 11) is -0.351. The van der Waals surface area contributed by atoms with E-state index < -0.39 is 0 Å². The van der Waals surface area contributed by atoms with E-state index in [0.29, 0.717) is 29.0 Å². The van der Waals surface area contributed by atoms with E-state index in [1.54, 1.807) is 0 Å². The number of aromatic nitrogens is 6. The summed E-state index contributed by atoms with van der Waals surface area (Å²) in [6.07, 6.45) is 0. The van der Waals surface area contributed by atoms with Gasteiger partial charge in [-0.05, 0) is 134 Å². The number of halogens is 2. The van der Waals surface area contributed by atoms with Gasteiger partial charge < -0.3 is 23.2 Å². The van der Waals surface area contributed by atoms with E-state index >= 15 is 0 Å². The zero-order valence-corrected chi connectivity index (χ0v) is 46.2. The van der Waals surface area contributed by atoms with Gasteiger partial charge >= 0.3 is 7.12 Å². The SMILES string of the molecule is C.CC1(C)OB(c2ccc3c(ccc4c5ccccc5oc34)c2)OC1(C)C.Cc1ccc2cc(-c3nc(-c4ccccc4)nc(-c4ccc5c(ccc6c7ccccc7oc56)c4)n3)ccc2c1O.Clc1nc(Cl)nc(-c2ccccc2)n1. The average Bonchev–Trinajstić information content (AvgIpc) is 4.35. The van der Waals surface area contributed by atoms with Gasteiger partial charge in [-0.25, -0.2) is 15.0 Å². The van der Waals surface area contributed by atoms with Crippen LogP contribution in [-0.2, 0) is 9.31 Å². The standard InChI is InChI=1S/C36H23N3O2.C22H21BO3.C9H5Cl2N3.CH4/c1-21-11-12-23-19-25(14-16-27(23)32(21)40)35-37-34(22-7-3-2-4-8-22)38-36(39-35)26-15-17-28-24(20-26)13-18-30-29-9-5-6-10-31(29)41-33(28)30;1-21(2)22(3,4)26-23(25-21)15-10-12-16-14(13-15)9-11-18-17-7-5-6-8-19(17)24-20(16)18;10-8-12-7(13-9(11)14-8)6-4-2-1-3-5-6;/h2-20,40H,1H3;5-13H,1-4H3;1-5H;1H4. The summed E-state index contributed by atoms with van der Waals surface area (Å²) in [6.45, 7) is 10.2. The minimum atomic E-state index is -0.351. The Morgan fingerprint density at radius 3 is 1.32 bits per heavy atom. The van der Waals surface area contributed by atoms with E-state index in [9.17, 15) is 5.11 Å². The Hall–Kier alpha value is -9.04. The van der Waals surface area contributed by atoms with Gasteiger partial charge in [0.2, 0.25) is 10.6 Å². The minimum absolute atomic E-state index is 0. The summed E-state index contributed by atoms with van der Waals surface area (Å²) in [5, 5.41) is 21.3. The molecule has 1 saturated heterocycles. The molecule has 1 aliphatic heterocycles. The topological polar surface area (TPSA) is 142 Å². The molecule has 14 aromatic rings. The Bertz CT molecular complexity index is 4710. The van der Waals surface area contributed by atoms with Crippen molar-refractivity contribution in [3.8, 4) is 51.3 Å². The van der Waals surface area contributed by atoms with E-state index in [0.717, 1.165) is 109 Å². The third-order valence-electron chi connectivity index (χ3n) is 15.3. The third kappa shape index (κ3) is 10.0. The van der Waals surface area contributed by atoms with Gasteiger partial charge in [0, 0.05) is 60.0 Å². The van der Waals surface area contributed by atoms with Crippen LogP contribution >= 0.6 is 23.2 Å². The van der Waals surface area contributed by atoms with E-state index in [-0.39, 0.29) is 36.3 Å². The molecule has 11 nitrogen and oxygen atoms in total. The fourth-order valence-corrected chi connectivity index (χ4v) is 10.6. The van der Waals surface area contributed by atoms with Crippen LogP contribution in [0.4, 0.5) is 0 Å². The fourth-order valence-electron chi connectivity index (χ4n) is 10.3. The Morgan fingerprint density at radius 2 is 0.793 bits per heavy atom. The maximum Gasteiger partial charge on any atom is 0.494 e. The summed E-state index contributed by atoms with van der Waals surface area (Å²) in [5.41, 5.74) is 8.34.